The van der Waals surface area contributed by atoms with E-state index in [-0.39, 0.29) is 92.2 Å². The van der Waals surface area contributed by atoms with Crippen molar-refractivity contribution in [3.63, 3.8) is 0 Å². The predicted octanol–water partition coefficient (Wildman–Crippen LogP) is 5.96. The van der Waals surface area contributed by atoms with Crippen LogP contribution < -0.4 is 28.3 Å². The van der Waals surface area contributed by atoms with E-state index in [1.54, 1.807) is 54.6 Å². The van der Waals surface area contributed by atoms with Gasteiger partial charge in [-0.25, -0.2) is 19.2 Å². The number of carboxylic acid groups (broad SMARTS) is 2. The Balaban J connectivity index is 0.000000428. The van der Waals surface area contributed by atoms with Crippen LogP contribution in [0.1, 0.15) is 52.6 Å². The van der Waals surface area contributed by atoms with Crippen LogP contribution in [0.25, 0.3) is 22.3 Å². The van der Waals surface area contributed by atoms with Crippen molar-refractivity contribution in [2.24, 2.45) is 0 Å². The number of rotatable bonds is 14. The van der Waals surface area contributed by atoms with E-state index in [4.69, 9.17) is 42.5 Å². The molecule has 0 saturated heterocycles. The summed E-state index contributed by atoms with van der Waals surface area (Å²) in [5.41, 5.74) is 0.551. The molecule has 0 aliphatic heterocycles. The summed E-state index contributed by atoms with van der Waals surface area (Å²) in [7, 11) is 2.41. The third-order valence-electron chi connectivity index (χ3n) is 8.88. The molecule has 0 amide bonds. The summed E-state index contributed by atoms with van der Waals surface area (Å²) in [5.74, 6) is -4.66. The van der Waals surface area contributed by atoms with E-state index in [1.807, 2.05) is 6.07 Å². The molecule has 0 aliphatic rings. The molecule has 0 unspecified atom stereocenters. The summed E-state index contributed by atoms with van der Waals surface area (Å²) in [6, 6.07) is 31.3. The smallest absolute Gasteiger partial charge is 0.870 e. The molecule has 0 saturated carbocycles. The fourth-order valence-corrected chi connectivity index (χ4v) is 6.59. The van der Waals surface area contributed by atoms with Gasteiger partial charge in [0.25, 0.3) is 0 Å². The van der Waals surface area contributed by atoms with Gasteiger partial charge in [0.1, 0.15) is 24.3 Å². The summed E-state index contributed by atoms with van der Waals surface area (Å²) in [4.78, 5) is 69.4. The number of nitrogens with zero attached hydrogens (tertiary/aromatic N) is 2. The van der Waals surface area contributed by atoms with Crippen molar-refractivity contribution < 1.29 is 88.0 Å². The summed E-state index contributed by atoms with van der Waals surface area (Å²) >= 11 is 12.6. The molecule has 0 fully saturated rings. The van der Waals surface area contributed by atoms with Gasteiger partial charge in [-0.2, -0.15) is 0 Å². The number of carbonyl (C=O) groups excluding carboxylic acids is 2. The topological polar surface area (TPSA) is 293 Å². The number of halogens is 2. The molecule has 0 spiro atoms. The number of esters is 2. The molecule has 5 N–H and O–H groups in total. The normalized spacial score (nSPS) is 9.91. The number of nitro benzene ring substituents is 2. The van der Waals surface area contributed by atoms with Crippen LogP contribution in [-0.2, 0) is 22.7 Å². The van der Waals surface area contributed by atoms with Gasteiger partial charge in [0.05, 0.1) is 56.4 Å². The molecule has 65 heavy (non-hydrogen) atoms. The summed E-state index contributed by atoms with van der Waals surface area (Å²) < 4.78 is 20.8. The molecule has 0 atom stereocenters. The second kappa shape index (κ2) is 24.5. The number of carboxylic acids is 2. The van der Waals surface area contributed by atoms with Crippen molar-refractivity contribution in [3.8, 4) is 33.8 Å². The summed E-state index contributed by atoms with van der Waals surface area (Å²) in [6.45, 7) is -0.116. The van der Waals surface area contributed by atoms with Gasteiger partial charge in [-0.1, -0.05) is 108 Å². The Labute approximate surface area is 391 Å². The van der Waals surface area contributed by atoms with Crippen LogP contribution in [0.15, 0.2) is 121 Å². The Kier molecular flexibility index (Phi) is 20.3. The Morgan fingerprint density at radius 2 is 0.938 bits per heavy atom. The number of carbonyl (C=O) groups is 4. The van der Waals surface area contributed by atoms with Gasteiger partial charge in [0, 0.05) is 0 Å². The molecule has 0 radical (unpaired) electrons. The minimum atomic E-state index is -1.43. The first-order chi connectivity index (χ1) is 29.7. The SMILES string of the molecule is COC(=O)c1ccc(-c2c(Cl)cc(C(=O)OC)c(OCc3ccccc3)c2[N+](=O)[O-])cc1.O.O=C(O)c1ccc(-c2c(Cl)cc(C(=O)O)c(OCc3ccccc3)c2[N+](=O)[O-])cc1.[Li+].[OH-]. The Morgan fingerprint density at radius 3 is 1.29 bits per heavy atom. The number of nitro groups is 2. The average molecular weight is 926 g/mol. The zero-order chi connectivity index (χ0) is 45.1. The Bertz CT molecular complexity index is 2670. The van der Waals surface area contributed by atoms with E-state index in [1.165, 1.54) is 61.7 Å². The van der Waals surface area contributed by atoms with Crippen LogP contribution in [0.2, 0.25) is 10.0 Å². The summed E-state index contributed by atoms with van der Waals surface area (Å²) in [6.07, 6.45) is 0. The van der Waals surface area contributed by atoms with Crippen LogP contribution in [0.3, 0.4) is 0 Å². The van der Waals surface area contributed by atoms with Crippen molar-refractivity contribution in [2.45, 2.75) is 13.2 Å². The molecule has 0 bridgehead atoms. The number of aromatic carboxylic acids is 2. The third-order valence-corrected chi connectivity index (χ3v) is 9.48. The van der Waals surface area contributed by atoms with E-state index in [0.717, 1.165) is 18.7 Å². The Morgan fingerprint density at radius 1 is 0.569 bits per heavy atom. The van der Waals surface area contributed by atoms with Gasteiger partial charge in [-0.15, -0.1) is 0 Å². The van der Waals surface area contributed by atoms with Crippen molar-refractivity contribution >= 4 is 58.5 Å². The fourth-order valence-electron chi connectivity index (χ4n) is 5.98. The number of methoxy groups -OCH3 is 2. The maximum absolute atomic E-state index is 12.3. The van der Waals surface area contributed by atoms with E-state index >= 15 is 0 Å². The zero-order valence-corrected chi connectivity index (χ0v) is 35.9. The predicted molar refractivity (Wildman–Crippen MR) is 231 cm³/mol. The summed E-state index contributed by atoms with van der Waals surface area (Å²) in [5, 5.41) is 42.4. The van der Waals surface area contributed by atoms with Gasteiger partial charge in [-0.3, -0.25) is 20.2 Å². The molecule has 0 aliphatic carbocycles. The molecular weight excluding hydrogens is 890 g/mol. The standard InChI is InChI=1S/C23H18ClNO7.C21H14ClNO7.Li.2H2O/c1-30-22(26)16-10-8-15(9-11-16)19-18(24)12-17(23(27)31-2)21(20(19)25(28)29)32-13-14-6-4-3-5-7-14;22-16-10-15(21(26)27)19(30-11-12-4-2-1-3-5-12)18(23(28)29)17(16)13-6-8-14(9-7-13)20(24)25;;;/h3-12H,13H2,1-2H3;1-10H,11H2,(H,24,25)(H,26,27);;2*1H2/q;;+1;;/p-1. The molecular formula is C44H35Cl2LiN2O16. The quantitative estimate of drug-likeness (QED) is 0.0551. The minimum Gasteiger partial charge on any atom is -0.870 e. The van der Waals surface area contributed by atoms with Crippen LogP contribution in [0.5, 0.6) is 11.5 Å². The first-order valence-electron chi connectivity index (χ1n) is 17.9. The fraction of sp³-hybridized carbons (Fsp3) is 0.0909. The van der Waals surface area contributed by atoms with Gasteiger partial charge in [-0.05, 0) is 58.7 Å². The first-order valence-corrected chi connectivity index (χ1v) is 18.6. The minimum absolute atomic E-state index is 0. The second-order valence-electron chi connectivity index (χ2n) is 12.7. The van der Waals surface area contributed by atoms with Crippen molar-refractivity contribution in [1.29, 1.82) is 0 Å². The van der Waals surface area contributed by atoms with Crippen molar-refractivity contribution in [1.82, 2.24) is 0 Å². The maximum Gasteiger partial charge on any atom is 1.00 e. The number of benzene rings is 6. The van der Waals surface area contributed by atoms with Crippen LogP contribution in [0.4, 0.5) is 11.4 Å². The van der Waals surface area contributed by atoms with Gasteiger partial charge < -0.3 is 40.1 Å². The first kappa shape index (κ1) is 53.8. The Hall–Kier alpha value is -7.30. The number of hydrogen-bond acceptors (Lipinski definition) is 13. The van der Waals surface area contributed by atoms with Gasteiger partial charge >= 0.3 is 54.1 Å². The van der Waals surface area contributed by atoms with Gasteiger partial charge in [0.2, 0.25) is 11.5 Å². The molecule has 0 heterocycles. The van der Waals surface area contributed by atoms with Crippen molar-refractivity contribution in [2.75, 3.05) is 14.2 Å². The molecule has 0 aromatic heterocycles. The van der Waals surface area contributed by atoms with Crippen LogP contribution >= 0.6 is 23.2 Å². The molecule has 332 valence electrons. The average Bonchev–Trinajstić information content (AvgIpc) is 3.27. The molecule has 6 rings (SSSR count). The van der Waals surface area contributed by atoms with Crippen LogP contribution in [0, 0.1) is 20.2 Å². The molecule has 21 heteroatoms. The zero-order valence-electron chi connectivity index (χ0n) is 34.4. The molecule has 6 aromatic rings. The second-order valence-corrected chi connectivity index (χ2v) is 13.5. The van der Waals surface area contributed by atoms with E-state index < -0.39 is 56.4 Å². The number of hydrogen-bond donors (Lipinski definition) is 2. The van der Waals surface area contributed by atoms with E-state index in [9.17, 15) is 44.5 Å². The number of ether oxygens (including phenoxy) is 4. The van der Waals surface area contributed by atoms with E-state index in [0.29, 0.717) is 11.1 Å². The largest absolute Gasteiger partial charge is 1.00 e. The van der Waals surface area contributed by atoms with E-state index in [2.05, 4.69) is 4.74 Å². The monoisotopic (exact) mass is 924 g/mol. The molecule has 18 nitrogen and oxygen atoms in total. The molecule has 6 aromatic carbocycles. The van der Waals surface area contributed by atoms with Crippen LogP contribution in [-0.4, -0.2) is 69.1 Å². The third kappa shape index (κ3) is 12.9. The van der Waals surface area contributed by atoms with Gasteiger partial charge in [0.15, 0.2) is 0 Å². The maximum atomic E-state index is 12.3. The van der Waals surface area contributed by atoms with Crippen molar-refractivity contribution in [3.05, 3.63) is 185 Å².